The highest BCUT2D eigenvalue weighted by atomic mass is 35.5. The predicted octanol–water partition coefficient (Wildman–Crippen LogP) is 2.08. The molecule has 6 nitrogen and oxygen atoms in total. The molecule has 2 aromatic heterocycles. The van der Waals surface area contributed by atoms with Crippen LogP contribution >= 0.6 is 11.6 Å². The summed E-state index contributed by atoms with van der Waals surface area (Å²) in [5.74, 6) is 1.07. The lowest BCUT2D eigenvalue weighted by Gasteiger charge is -2.16. The van der Waals surface area contributed by atoms with Gasteiger partial charge < -0.3 is 10.4 Å². The maximum atomic E-state index is 10.4. The fraction of sp³-hybridized carbons (Fsp3) is 0.647. The van der Waals surface area contributed by atoms with Crippen LogP contribution in [0.4, 0.5) is 0 Å². The van der Waals surface area contributed by atoms with E-state index >= 15 is 0 Å². The van der Waals surface area contributed by atoms with Crippen molar-refractivity contribution in [3.63, 3.8) is 0 Å². The monoisotopic (exact) mass is 349 g/mol. The molecule has 2 N–H and O–H groups in total. The quantitative estimate of drug-likeness (QED) is 0.837. The molecule has 2 heterocycles. The Morgan fingerprint density at radius 1 is 1.33 bits per heavy atom. The van der Waals surface area contributed by atoms with Gasteiger partial charge in [0.1, 0.15) is 0 Å². The number of aromatic nitrogens is 4. The van der Waals surface area contributed by atoms with Gasteiger partial charge in [-0.05, 0) is 31.6 Å². The van der Waals surface area contributed by atoms with Crippen LogP contribution in [0.2, 0.25) is 5.02 Å². The van der Waals surface area contributed by atoms with Gasteiger partial charge in [0.25, 0.3) is 0 Å². The van der Waals surface area contributed by atoms with Gasteiger partial charge in [-0.2, -0.15) is 10.2 Å². The number of aliphatic hydroxyl groups is 1. The van der Waals surface area contributed by atoms with Crippen LogP contribution in [0, 0.1) is 5.92 Å². The largest absolute Gasteiger partial charge is 0.391 e. The number of hydrogen-bond acceptors (Lipinski definition) is 4. The minimum Gasteiger partial charge on any atom is -0.391 e. The Kier molecular flexibility index (Phi) is 4.37. The molecule has 0 saturated heterocycles. The van der Waals surface area contributed by atoms with Crippen molar-refractivity contribution in [2.24, 2.45) is 13.0 Å². The minimum atomic E-state index is -0.304. The Morgan fingerprint density at radius 3 is 2.88 bits per heavy atom. The van der Waals surface area contributed by atoms with Crippen molar-refractivity contribution in [3.05, 3.63) is 34.9 Å². The van der Waals surface area contributed by atoms with E-state index in [0.29, 0.717) is 16.9 Å². The van der Waals surface area contributed by atoms with Crippen molar-refractivity contribution in [2.45, 2.75) is 56.8 Å². The third-order valence-electron chi connectivity index (χ3n) is 5.13. The zero-order valence-corrected chi connectivity index (χ0v) is 14.7. The number of nitrogens with one attached hydrogen (secondary N) is 1. The smallest absolute Gasteiger partial charge is 0.0785 e. The summed E-state index contributed by atoms with van der Waals surface area (Å²) in [5.41, 5.74) is 2.51. The first kappa shape index (κ1) is 16.1. The lowest BCUT2D eigenvalue weighted by Crippen LogP contribution is -2.35. The average molecular weight is 350 g/mol. The molecular weight excluding hydrogens is 326 g/mol. The van der Waals surface area contributed by atoms with Crippen molar-refractivity contribution < 1.29 is 5.11 Å². The van der Waals surface area contributed by atoms with Gasteiger partial charge in [0.05, 0.1) is 23.0 Å². The summed E-state index contributed by atoms with van der Waals surface area (Å²) in [6.45, 7) is 1.59. The van der Waals surface area contributed by atoms with E-state index in [1.807, 2.05) is 22.6 Å². The molecule has 24 heavy (non-hydrogen) atoms. The van der Waals surface area contributed by atoms with Gasteiger partial charge in [-0.15, -0.1) is 0 Å². The van der Waals surface area contributed by atoms with Crippen LogP contribution in [-0.4, -0.2) is 36.8 Å². The van der Waals surface area contributed by atoms with Crippen LogP contribution in [0.25, 0.3) is 0 Å². The molecular formula is C17H24ClN5O. The molecule has 0 spiro atoms. The molecule has 3 atom stereocenters. The highest BCUT2D eigenvalue weighted by molar-refractivity contribution is 6.30. The molecule has 7 heteroatoms. The van der Waals surface area contributed by atoms with Gasteiger partial charge in [0, 0.05) is 50.1 Å². The molecule has 2 aromatic rings. The van der Waals surface area contributed by atoms with Gasteiger partial charge in [-0.25, -0.2) is 0 Å². The van der Waals surface area contributed by atoms with E-state index in [1.165, 1.54) is 24.1 Å². The first-order valence-corrected chi connectivity index (χ1v) is 9.08. The first-order valence-electron chi connectivity index (χ1n) is 8.70. The molecule has 2 aliphatic carbocycles. The zero-order chi connectivity index (χ0) is 16.7. The SMILES string of the molecule is Cn1cc(CN[C@@H]2CC(Cn3cc(Cl)cn3)C[C@H]2O)c(C2CC2)n1. The Hall–Kier alpha value is -1.37. The van der Waals surface area contributed by atoms with Crippen LogP contribution in [0.3, 0.4) is 0 Å². The molecule has 2 saturated carbocycles. The summed E-state index contributed by atoms with van der Waals surface area (Å²) in [7, 11) is 1.98. The normalized spacial score (nSPS) is 27.0. The van der Waals surface area contributed by atoms with Gasteiger partial charge in [0.15, 0.2) is 0 Å². The van der Waals surface area contributed by atoms with E-state index in [9.17, 15) is 5.11 Å². The summed E-state index contributed by atoms with van der Waals surface area (Å²) >= 11 is 5.92. The number of nitrogens with zero attached hydrogens (tertiary/aromatic N) is 4. The molecule has 0 aliphatic heterocycles. The third-order valence-corrected chi connectivity index (χ3v) is 5.32. The van der Waals surface area contributed by atoms with E-state index in [1.54, 1.807) is 6.20 Å². The molecule has 0 amide bonds. The first-order chi connectivity index (χ1) is 11.6. The summed E-state index contributed by atoms with van der Waals surface area (Å²) < 4.78 is 3.77. The van der Waals surface area contributed by atoms with Crippen molar-refractivity contribution >= 4 is 11.6 Å². The second kappa shape index (κ2) is 6.50. The van der Waals surface area contributed by atoms with Gasteiger partial charge >= 0.3 is 0 Å². The van der Waals surface area contributed by atoms with Crippen molar-refractivity contribution in [2.75, 3.05) is 0 Å². The Labute approximate surface area is 146 Å². The van der Waals surface area contributed by atoms with Crippen molar-refractivity contribution in [1.82, 2.24) is 24.9 Å². The Balaban J connectivity index is 1.33. The second-order valence-electron chi connectivity index (χ2n) is 7.26. The lowest BCUT2D eigenvalue weighted by atomic mass is 10.1. The maximum Gasteiger partial charge on any atom is 0.0785 e. The fourth-order valence-electron chi connectivity index (χ4n) is 3.82. The van der Waals surface area contributed by atoms with Crippen LogP contribution in [0.15, 0.2) is 18.6 Å². The molecule has 1 unspecified atom stereocenters. The van der Waals surface area contributed by atoms with E-state index < -0.39 is 0 Å². The Morgan fingerprint density at radius 2 is 2.17 bits per heavy atom. The van der Waals surface area contributed by atoms with E-state index in [2.05, 4.69) is 21.7 Å². The summed E-state index contributed by atoms with van der Waals surface area (Å²) in [5, 5.41) is 23.4. The standard InChI is InChI=1S/C17H24ClN5O/c1-22-9-13(17(21-22)12-2-3-12)6-19-15-4-11(5-16(15)24)8-23-10-14(18)7-20-23/h7,9-12,15-16,19,24H,2-6,8H2,1H3/t11?,15-,16-/m1/s1. The zero-order valence-electron chi connectivity index (χ0n) is 13.9. The van der Waals surface area contributed by atoms with E-state index in [-0.39, 0.29) is 12.1 Å². The lowest BCUT2D eigenvalue weighted by molar-refractivity contribution is 0.145. The topological polar surface area (TPSA) is 67.9 Å². The molecule has 0 aromatic carbocycles. The molecule has 130 valence electrons. The molecule has 0 bridgehead atoms. The number of hydrogen-bond donors (Lipinski definition) is 2. The summed E-state index contributed by atoms with van der Waals surface area (Å²) in [6, 6.07) is 0.133. The van der Waals surface area contributed by atoms with E-state index in [4.69, 9.17) is 11.6 Å². The molecule has 2 fully saturated rings. The van der Waals surface area contributed by atoms with Crippen LogP contribution in [0.1, 0.15) is 42.9 Å². The van der Waals surface area contributed by atoms with Gasteiger partial charge in [-0.1, -0.05) is 11.6 Å². The van der Waals surface area contributed by atoms with E-state index in [0.717, 1.165) is 25.9 Å². The third kappa shape index (κ3) is 3.50. The molecule has 0 radical (unpaired) electrons. The highest BCUT2D eigenvalue weighted by Crippen LogP contribution is 2.40. The molecule has 2 aliphatic rings. The fourth-order valence-corrected chi connectivity index (χ4v) is 3.98. The summed E-state index contributed by atoms with van der Waals surface area (Å²) in [6.07, 6.45) is 9.56. The minimum absolute atomic E-state index is 0.133. The highest BCUT2D eigenvalue weighted by Gasteiger charge is 2.34. The second-order valence-corrected chi connectivity index (χ2v) is 7.70. The van der Waals surface area contributed by atoms with Crippen molar-refractivity contribution in [1.29, 1.82) is 0 Å². The number of aryl methyl sites for hydroxylation is 1. The van der Waals surface area contributed by atoms with Crippen molar-refractivity contribution in [3.8, 4) is 0 Å². The van der Waals surface area contributed by atoms with Crippen LogP contribution < -0.4 is 5.32 Å². The predicted molar refractivity (Wildman–Crippen MR) is 91.8 cm³/mol. The van der Waals surface area contributed by atoms with Crippen LogP contribution in [-0.2, 0) is 20.1 Å². The number of aliphatic hydroxyl groups excluding tert-OH is 1. The van der Waals surface area contributed by atoms with Gasteiger partial charge in [0.2, 0.25) is 0 Å². The molecule has 4 rings (SSSR count). The summed E-state index contributed by atoms with van der Waals surface area (Å²) in [4.78, 5) is 0. The van der Waals surface area contributed by atoms with Crippen LogP contribution in [0.5, 0.6) is 0 Å². The van der Waals surface area contributed by atoms with Gasteiger partial charge in [-0.3, -0.25) is 9.36 Å². The number of rotatable bonds is 6. The number of halogens is 1. The maximum absolute atomic E-state index is 10.4. The average Bonchev–Trinajstić information content (AvgIpc) is 3.06. The Bertz CT molecular complexity index is 708.